The molecule has 0 saturated heterocycles. The Morgan fingerprint density at radius 1 is 1.20 bits per heavy atom. The van der Waals surface area contributed by atoms with Crippen molar-refractivity contribution in [1.29, 1.82) is 0 Å². The molecular weight excluding hydrogens is 326 g/mol. The molecule has 0 fully saturated rings. The van der Waals surface area contributed by atoms with Crippen LogP contribution in [0.15, 0.2) is 30.3 Å². The van der Waals surface area contributed by atoms with Crippen molar-refractivity contribution in [2.75, 3.05) is 6.61 Å². The van der Waals surface area contributed by atoms with Crippen LogP contribution in [0.5, 0.6) is 5.75 Å². The van der Waals surface area contributed by atoms with Crippen LogP contribution >= 0.6 is 0 Å². The van der Waals surface area contributed by atoms with Gasteiger partial charge in [0.1, 0.15) is 17.5 Å². The zero-order chi connectivity index (χ0) is 18.0. The average Bonchev–Trinajstić information content (AvgIpc) is 2.57. The van der Waals surface area contributed by atoms with Crippen LogP contribution in [0.3, 0.4) is 0 Å². The molecule has 3 rings (SSSR count). The van der Waals surface area contributed by atoms with Crippen LogP contribution < -0.4 is 4.74 Å². The summed E-state index contributed by atoms with van der Waals surface area (Å²) in [7, 11) is 0. The number of rotatable bonds is 5. The lowest BCUT2D eigenvalue weighted by Crippen LogP contribution is -2.24. The molecule has 0 amide bonds. The van der Waals surface area contributed by atoms with E-state index in [-0.39, 0.29) is 17.7 Å². The van der Waals surface area contributed by atoms with E-state index in [1.807, 2.05) is 13.0 Å². The van der Waals surface area contributed by atoms with Gasteiger partial charge in [-0.3, -0.25) is 0 Å². The van der Waals surface area contributed by atoms with Gasteiger partial charge in [-0.15, -0.1) is 0 Å². The Balaban J connectivity index is 1.92. The van der Waals surface area contributed by atoms with Crippen molar-refractivity contribution in [3.05, 3.63) is 64.2 Å². The first kappa shape index (κ1) is 17.4. The molecule has 0 aromatic heterocycles. The molecule has 25 heavy (non-hydrogen) atoms. The maximum absolute atomic E-state index is 14.4. The Bertz CT molecular complexity index is 802. The first-order chi connectivity index (χ1) is 12.0. The Morgan fingerprint density at radius 2 is 2.00 bits per heavy atom. The van der Waals surface area contributed by atoms with Crippen molar-refractivity contribution in [2.45, 2.75) is 39.2 Å². The fraction of sp³-hybridized carbons (Fsp3) is 0.350. The fourth-order valence-electron chi connectivity index (χ4n) is 3.13. The van der Waals surface area contributed by atoms with Crippen LogP contribution in [0.1, 0.15) is 53.4 Å². The van der Waals surface area contributed by atoms with Crippen LogP contribution in [0, 0.1) is 11.6 Å². The molecule has 1 heterocycles. The second-order valence-corrected chi connectivity index (χ2v) is 6.05. The van der Waals surface area contributed by atoms with Gasteiger partial charge in [-0.2, -0.15) is 0 Å². The maximum atomic E-state index is 14.4. The highest BCUT2D eigenvalue weighted by molar-refractivity contribution is 5.93. The average molecular weight is 346 g/mol. The summed E-state index contributed by atoms with van der Waals surface area (Å²) in [6.07, 6.45) is 1.18. The lowest BCUT2D eigenvalue weighted by atomic mass is 9.93. The quantitative estimate of drug-likeness (QED) is 0.732. The minimum atomic E-state index is -0.790. The first-order valence-electron chi connectivity index (χ1n) is 8.48. The number of carbonyl (C=O) groups is 1. The van der Waals surface area contributed by atoms with Crippen molar-refractivity contribution in [2.24, 2.45) is 0 Å². The van der Waals surface area contributed by atoms with Gasteiger partial charge < -0.3 is 9.47 Å². The molecule has 1 atom stereocenters. The van der Waals surface area contributed by atoms with Crippen molar-refractivity contribution in [3.63, 3.8) is 0 Å². The third kappa shape index (κ3) is 3.36. The minimum absolute atomic E-state index is 0.0201. The Kier molecular flexibility index (Phi) is 5.02. The molecule has 5 heteroatoms. The summed E-state index contributed by atoms with van der Waals surface area (Å²) >= 11 is 0. The lowest BCUT2D eigenvalue weighted by Gasteiger charge is -2.26. The molecule has 0 aliphatic carbocycles. The third-order valence-corrected chi connectivity index (χ3v) is 4.30. The smallest absolute Gasteiger partial charge is 0.342 e. The van der Waals surface area contributed by atoms with Gasteiger partial charge in [0.05, 0.1) is 6.61 Å². The van der Waals surface area contributed by atoms with Gasteiger partial charge in [-0.1, -0.05) is 31.5 Å². The van der Waals surface area contributed by atoms with E-state index in [2.05, 4.69) is 0 Å². The van der Waals surface area contributed by atoms with Gasteiger partial charge in [0.15, 0.2) is 11.6 Å². The van der Waals surface area contributed by atoms with E-state index in [4.69, 9.17) is 9.47 Å². The highest BCUT2D eigenvalue weighted by Crippen LogP contribution is 2.35. The largest absolute Gasteiger partial charge is 0.491 e. The SMILES string of the molecule is CCCc1ccc(C2Cc3ccc(OCC)c(F)c3C(=O)O2)c(F)c1. The summed E-state index contributed by atoms with van der Waals surface area (Å²) in [6, 6.07) is 8.09. The highest BCUT2D eigenvalue weighted by atomic mass is 19.1. The monoisotopic (exact) mass is 346 g/mol. The number of halogens is 2. The van der Waals surface area contributed by atoms with E-state index in [0.29, 0.717) is 17.7 Å². The number of hydrogen-bond donors (Lipinski definition) is 0. The van der Waals surface area contributed by atoms with E-state index in [1.165, 1.54) is 12.1 Å². The zero-order valence-electron chi connectivity index (χ0n) is 14.3. The second kappa shape index (κ2) is 7.21. The summed E-state index contributed by atoms with van der Waals surface area (Å²) in [5.74, 6) is -1.89. The van der Waals surface area contributed by atoms with E-state index >= 15 is 0 Å². The molecule has 0 radical (unpaired) electrons. The van der Waals surface area contributed by atoms with E-state index in [0.717, 1.165) is 18.4 Å². The number of hydrogen-bond acceptors (Lipinski definition) is 3. The molecule has 2 aromatic carbocycles. The minimum Gasteiger partial charge on any atom is -0.491 e. The molecule has 132 valence electrons. The first-order valence-corrected chi connectivity index (χ1v) is 8.48. The Morgan fingerprint density at radius 3 is 2.68 bits per heavy atom. The van der Waals surface area contributed by atoms with E-state index < -0.39 is 23.7 Å². The number of ether oxygens (including phenoxy) is 2. The Labute approximate surface area is 145 Å². The van der Waals surface area contributed by atoms with Gasteiger partial charge in [0, 0.05) is 12.0 Å². The maximum Gasteiger partial charge on any atom is 0.342 e. The van der Waals surface area contributed by atoms with E-state index in [1.54, 1.807) is 19.1 Å². The molecule has 1 aliphatic rings. The van der Waals surface area contributed by atoms with Gasteiger partial charge in [-0.25, -0.2) is 13.6 Å². The van der Waals surface area contributed by atoms with Crippen LogP contribution in [-0.2, 0) is 17.6 Å². The highest BCUT2D eigenvalue weighted by Gasteiger charge is 2.33. The van der Waals surface area contributed by atoms with Crippen LogP contribution in [0.4, 0.5) is 8.78 Å². The van der Waals surface area contributed by atoms with Gasteiger partial charge >= 0.3 is 5.97 Å². The van der Waals surface area contributed by atoms with Crippen molar-refractivity contribution in [3.8, 4) is 5.75 Å². The van der Waals surface area contributed by atoms with Gasteiger partial charge in [0.2, 0.25) is 0 Å². The third-order valence-electron chi connectivity index (χ3n) is 4.30. The normalized spacial score (nSPS) is 16.3. The second-order valence-electron chi connectivity index (χ2n) is 6.05. The number of carbonyl (C=O) groups excluding carboxylic acids is 1. The summed E-state index contributed by atoms with van der Waals surface area (Å²) < 4.78 is 39.4. The topological polar surface area (TPSA) is 35.5 Å². The predicted molar refractivity (Wildman–Crippen MR) is 89.8 cm³/mol. The summed E-state index contributed by atoms with van der Waals surface area (Å²) in [4.78, 5) is 12.3. The molecule has 0 bridgehead atoms. The molecule has 0 spiro atoms. The van der Waals surface area contributed by atoms with Crippen molar-refractivity contribution in [1.82, 2.24) is 0 Å². The van der Waals surface area contributed by atoms with Gasteiger partial charge in [-0.05, 0) is 36.6 Å². The lowest BCUT2D eigenvalue weighted by molar-refractivity contribution is 0.0236. The predicted octanol–water partition coefficient (Wildman–Crippen LogP) is 4.77. The number of fused-ring (bicyclic) bond motifs is 1. The van der Waals surface area contributed by atoms with Crippen molar-refractivity contribution < 1.29 is 23.0 Å². The molecule has 1 unspecified atom stereocenters. The molecule has 0 N–H and O–H groups in total. The van der Waals surface area contributed by atoms with Crippen LogP contribution in [-0.4, -0.2) is 12.6 Å². The van der Waals surface area contributed by atoms with Crippen LogP contribution in [0.2, 0.25) is 0 Å². The molecule has 0 saturated carbocycles. The van der Waals surface area contributed by atoms with Crippen molar-refractivity contribution >= 4 is 5.97 Å². The number of esters is 1. The molecule has 2 aromatic rings. The van der Waals surface area contributed by atoms with Crippen LogP contribution in [0.25, 0.3) is 0 Å². The molecular formula is C20H20F2O3. The summed E-state index contributed by atoms with van der Waals surface area (Å²) in [5, 5.41) is 0. The fourth-order valence-corrected chi connectivity index (χ4v) is 3.13. The van der Waals surface area contributed by atoms with Gasteiger partial charge in [0.25, 0.3) is 0 Å². The molecule has 1 aliphatic heterocycles. The number of benzene rings is 2. The number of aryl methyl sites for hydroxylation is 1. The summed E-state index contributed by atoms with van der Waals surface area (Å²) in [6.45, 7) is 4.05. The number of cyclic esters (lactones) is 1. The molecule has 3 nitrogen and oxygen atoms in total. The Hall–Kier alpha value is -2.43. The summed E-state index contributed by atoms with van der Waals surface area (Å²) in [5.41, 5.74) is 1.59. The van der Waals surface area contributed by atoms with E-state index in [9.17, 15) is 13.6 Å². The standard InChI is InChI=1S/C20H20F2O3/c1-3-5-12-6-8-14(15(21)10-12)17-11-13-7-9-16(24-4-2)19(22)18(13)20(23)25-17/h6-10,17H,3-5,11H2,1-2H3. The zero-order valence-corrected chi connectivity index (χ0v) is 14.3.